The quantitative estimate of drug-likeness (QED) is 0.0987. The number of nitrogens with zero attached hydrogens (tertiary/aromatic N) is 2. The number of amides is 2. The maximum absolute atomic E-state index is 12.6. The van der Waals surface area contributed by atoms with E-state index < -0.39 is 83.6 Å². The summed E-state index contributed by atoms with van der Waals surface area (Å²) in [5.74, 6) is -3.49. The topological polar surface area (TPSA) is 224 Å². The summed E-state index contributed by atoms with van der Waals surface area (Å²) in [6.07, 6.45) is -8.51. The van der Waals surface area contributed by atoms with Crippen LogP contribution in [0.1, 0.15) is 49.1 Å². The highest BCUT2D eigenvalue weighted by Crippen LogP contribution is 2.36. The zero-order valence-corrected chi connectivity index (χ0v) is 30.6. The molecule has 0 unspecified atom stereocenters. The van der Waals surface area contributed by atoms with Crippen LogP contribution in [0.4, 0.5) is 26.3 Å². The fourth-order valence-corrected chi connectivity index (χ4v) is 5.65. The molecule has 292 valence electrons. The standard InChI is InChI=1S/C17H19F3N3O4P.C15H15F3N3O4P/c1-28(2,27)8-7-12-22-13(14(24)16(26)23-12)15(25)21-9-10-3-5-11(6-4-10)17(18,19)20;1-26(2,25)14-20-10(11(22)13(24)21-14)12(23)19-7-8-3-5-9(6-4-8)15(16,17)18/h3-6,24H,7-9H2,1-2H3,(H,21,25)(H,22,23,26);3-6,22H,7H2,1-2H3,(H,19,23)(H,20,21,24). The van der Waals surface area contributed by atoms with Gasteiger partial charge in [0.25, 0.3) is 22.9 Å². The van der Waals surface area contributed by atoms with Crippen molar-refractivity contribution in [2.45, 2.75) is 31.9 Å². The van der Waals surface area contributed by atoms with Crippen LogP contribution in [-0.2, 0) is 41.0 Å². The molecule has 2 aromatic heterocycles. The van der Waals surface area contributed by atoms with Crippen molar-refractivity contribution >= 4 is 31.7 Å². The first-order valence-electron chi connectivity index (χ1n) is 15.4. The van der Waals surface area contributed by atoms with Crippen LogP contribution in [0.25, 0.3) is 0 Å². The Labute approximate surface area is 302 Å². The molecule has 0 radical (unpaired) electrons. The summed E-state index contributed by atoms with van der Waals surface area (Å²) >= 11 is 0. The molecule has 0 aliphatic rings. The van der Waals surface area contributed by atoms with Crippen molar-refractivity contribution in [1.29, 1.82) is 0 Å². The number of hydrogen-bond donors (Lipinski definition) is 6. The first-order valence-corrected chi connectivity index (χ1v) is 20.8. The largest absolute Gasteiger partial charge is 0.501 e. The number of carbonyl (C=O) groups is 2. The Morgan fingerprint density at radius 2 is 1.07 bits per heavy atom. The number of aryl methyl sites for hydroxylation is 1. The van der Waals surface area contributed by atoms with Gasteiger partial charge < -0.3 is 39.9 Å². The SMILES string of the molecule is CP(C)(=O)CCc1nc(C(=O)NCc2ccc(C(F)(F)F)cc2)c(O)c(=O)[nH]1.CP(C)(=O)c1nc(C(=O)NCc2ccc(C(F)(F)F)cc2)c(O)c(=O)[nH]1. The van der Waals surface area contributed by atoms with Crippen LogP contribution in [0.2, 0.25) is 0 Å². The Balaban J connectivity index is 0.000000291. The summed E-state index contributed by atoms with van der Waals surface area (Å²) in [6, 6.07) is 8.30. The molecule has 0 saturated heterocycles. The van der Waals surface area contributed by atoms with E-state index in [9.17, 15) is 64.9 Å². The summed E-state index contributed by atoms with van der Waals surface area (Å²) in [6.45, 7) is 5.51. The third-order valence-electron chi connectivity index (χ3n) is 7.12. The summed E-state index contributed by atoms with van der Waals surface area (Å²) in [5, 5.41) is 24.2. The van der Waals surface area contributed by atoms with Crippen molar-refractivity contribution in [3.63, 3.8) is 0 Å². The lowest BCUT2D eigenvalue weighted by Crippen LogP contribution is -2.31. The number of aromatic hydroxyl groups is 2. The van der Waals surface area contributed by atoms with E-state index >= 15 is 0 Å². The Bertz CT molecular complexity index is 2210. The van der Waals surface area contributed by atoms with E-state index in [-0.39, 0.29) is 37.1 Å². The van der Waals surface area contributed by atoms with Gasteiger partial charge >= 0.3 is 12.4 Å². The predicted molar refractivity (Wildman–Crippen MR) is 185 cm³/mol. The van der Waals surface area contributed by atoms with E-state index in [1.165, 1.54) is 37.6 Å². The molecule has 0 atom stereocenters. The van der Waals surface area contributed by atoms with Crippen LogP contribution in [0.3, 0.4) is 0 Å². The molecular weight excluding hydrogens is 772 g/mol. The molecule has 22 heteroatoms. The summed E-state index contributed by atoms with van der Waals surface area (Å²) in [7, 11) is -5.37. The zero-order chi connectivity index (χ0) is 40.8. The van der Waals surface area contributed by atoms with Gasteiger partial charge in [-0.15, -0.1) is 0 Å². The van der Waals surface area contributed by atoms with E-state index in [1.54, 1.807) is 13.3 Å². The van der Waals surface area contributed by atoms with Crippen molar-refractivity contribution in [2.75, 3.05) is 32.8 Å². The number of alkyl halides is 6. The minimum atomic E-state index is -4.47. The highest BCUT2D eigenvalue weighted by Gasteiger charge is 2.31. The first kappa shape index (κ1) is 43.2. The second-order valence-electron chi connectivity index (χ2n) is 12.4. The number of H-pyrrole nitrogens is 2. The minimum Gasteiger partial charge on any atom is -0.501 e. The fraction of sp³-hybridized carbons (Fsp3) is 0.312. The van der Waals surface area contributed by atoms with E-state index in [4.69, 9.17) is 0 Å². The maximum atomic E-state index is 12.6. The molecule has 0 aliphatic carbocycles. The summed E-state index contributed by atoms with van der Waals surface area (Å²) < 4.78 is 99.0. The molecule has 14 nitrogen and oxygen atoms in total. The van der Waals surface area contributed by atoms with Gasteiger partial charge in [0.15, 0.2) is 17.0 Å². The molecular formula is C32H34F6N6O8P2. The lowest BCUT2D eigenvalue weighted by atomic mass is 10.1. The van der Waals surface area contributed by atoms with Gasteiger partial charge in [0, 0.05) is 25.7 Å². The Kier molecular flexibility index (Phi) is 13.5. The van der Waals surface area contributed by atoms with E-state index in [0.717, 1.165) is 24.3 Å². The lowest BCUT2D eigenvalue weighted by Gasteiger charge is -2.10. The smallest absolute Gasteiger partial charge is 0.416 e. The number of carbonyl (C=O) groups excluding carboxylic acids is 2. The Morgan fingerprint density at radius 1 is 0.685 bits per heavy atom. The van der Waals surface area contributed by atoms with Gasteiger partial charge in [-0.3, -0.25) is 19.2 Å². The van der Waals surface area contributed by atoms with E-state index in [0.29, 0.717) is 11.1 Å². The molecule has 2 heterocycles. The molecule has 54 heavy (non-hydrogen) atoms. The van der Waals surface area contributed by atoms with Crippen LogP contribution in [0.5, 0.6) is 11.5 Å². The highest BCUT2D eigenvalue weighted by atomic mass is 31.2. The van der Waals surface area contributed by atoms with Gasteiger partial charge in [0.05, 0.1) is 18.3 Å². The molecule has 2 amide bonds. The van der Waals surface area contributed by atoms with Gasteiger partial charge in [0.2, 0.25) is 11.5 Å². The van der Waals surface area contributed by atoms with Gasteiger partial charge in [-0.05, 0) is 62.1 Å². The molecule has 0 bridgehead atoms. The Hall–Kier alpha value is -5.22. The second kappa shape index (κ2) is 16.8. The number of benzene rings is 2. The molecule has 2 aromatic carbocycles. The molecule has 6 N–H and O–H groups in total. The molecule has 0 saturated carbocycles. The average molecular weight is 807 g/mol. The van der Waals surface area contributed by atoms with Crippen molar-refractivity contribution in [3.8, 4) is 11.5 Å². The third-order valence-corrected chi connectivity index (χ3v) is 9.65. The number of halogens is 6. The van der Waals surface area contributed by atoms with E-state index in [2.05, 4.69) is 30.6 Å². The van der Waals surface area contributed by atoms with Gasteiger partial charge in [-0.2, -0.15) is 26.3 Å². The van der Waals surface area contributed by atoms with Crippen molar-refractivity contribution in [2.24, 2.45) is 0 Å². The monoisotopic (exact) mass is 806 g/mol. The van der Waals surface area contributed by atoms with Crippen molar-refractivity contribution in [1.82, 2.24) is 30.6 Å². The average Bonchev–Trinajstić information content (AvgIpc) is 3.06. The number of hydrogen-bond acceptors (Lipinski definition) is 10. The highest BCUT2D eigenvalue weighted by molar-refractivity contribution is 7.69. The molecule has 0 fully saturated rings. The zero-order valence-electron chi connectivity index (χ0n) is 28.8. The van der Waals surface area contributed by atoms with Crippen LogP contribution >= 0.6 is 14.3 Å². The number of rotatable bonds is 10. The van der Waals surface area contributed by atoms with Crippen molar-refractivity contribution in [3.05, 3.63) is 109 Å². The van der Waals surface area contributed by atoms with Crippen LogP contribution in [0.15, 0.2) is 58.1 Å². The summed E-state index contributed by atoms with van der Waals surface area (Å²) in [5.41, 5.74) is -4.15. The molecule has 4 rings (SSSR count). The second-order valence-corrected chi connectivity index (χ2v) is 19.2. The van der Waals surface area contributed by atoms with Gasteiger partial charge in [-0.25, -0.2) is 9.97 Å². The lowest BCUT2D eigenvalue weighted by molar-refractivity contribution is -0.138. The number of nitrogens with one attached hydrogen (secondary N) is 4. The normalized spacial score (nSPS) is 12.0. The van der Waals surface area contributed by atoms with Gasteiger partial charge in [0.1, 0.15) is 13.0 Å². The van der Waals surface area contributed by atoms with Crippen molar-refractivity contribution < 1.29 is 55.3 Å². The fourth-order valence-electron chi connectivity index (χ4n) is 4.19. The van der Waals surface area contributed by atoms with Crippen LogP contribution in [-0.4, -0.2) is 74.8 Å². The number of aromatic amines is 2. The number of aromatic nitrogens is 4. The van der Waals surface area contributed by atoms with Gasteiger partial charge in [-0.1, -0.05) is 24.3 Å². The van der Waals surface area contributed by atoms with Crippen LogP contribution < -0.4 is 27.3 Å². The molecule has 0 spiro atoms. The minimum absolute atomic E-state index is 0.103. The maximum Gasteiger partial charge on any atom is 0.416 e. The predicted octanol–water partition coefficient (Wildman–Crippen LogP) is 4.26. The first-order chi connectivity index (χ1) is 24.8. The molecule has 4 aromatic rings. The van der Waals surface area contributed by atoms with E-state index in [1.807, 2.05) is 0 Å². The van der Waals surface area contributed by atoms with Crippen LogP contribution in [0, 0.1) is 0 Å². The third kappa shape index (κ3) is 12.4. The molecule has 0 aliphatic heterocycles. The summed E-state index contributed by atoms with van der Waals surface area (Å²) in [4.78, 5) is 59.9. The Morgan fingerprint density at radius 3 is 1.44 bits per heavy atom.